The van der Waals surface area contributed by atoms with Crippen molar-refractivity contribution in [3.63, 3.8) is 0 Å². The maximum absolute atomic E-state index is 10.3. The monoisotopic (exact) mass is 168 g/mol. The van der Waals surface area contributed by atoms with Gasteiger partial charge in [0.1, 0.15) is 12.6 Å². The molecule has 2 N–H and O–H groups in total. The largest absolute Gasteiger partial charge is 0.481 e. The van der Waals surface area contributed by atoms with Gasteiger partial charge in [-0.25, -0.2) is 0 Å². The van der Waals surface area contributed by atoms with Crippen LogP contribution in [0.4, 0.5) is 0 Å². The van der Waals surface area contributed by atoms with E-state index in [1.54, 1.807) is 0 Å². The Morgan fingerprint density at radius 2 is 2.27 bits per heavy atom. The van der Waals surface area contributed by atoms with E-state index >= 15 is 0 Å². The number of carboxylic acid groups (broad SMARTS) is 1. The van der Waals surface area contributed by atoms with Gasteiger partial charge in [-0.2, -0.15) is 0 Å². The van der Waals surface area contributed by atoms with Gasteiger partial charge in [-0.3, -0.25) is 4.79 Å². The molecule has 0 aromatic heterocycles. The Hall–Kier alpha value is -0.610. The van der Waals surface area contributed by atoms with Crippen molar-refractivity contribution in [3.05, 3.63) is 0 Å². The number of likely N-dealkylation sites (N-methyl/N-ethyl adjacent to an activating group) is 1. The van der Waals surface area contributed by atoms with Crippen LogP contribution < -0.4 is 0 Å². The highest BCUT2D eigenvalue weighted by atomic mass is 16.4. The van der Waals surface area contributed by atoms with Crippen molar-refractivity contribution in [2.75, 3.05) is 27.5 Å². The normalized spacial score (nSPS) is 24.9. The van der Waals surface area contributed by atoms with Crippen LogP contribution in [0.2, 0.25) is 0 Å². The molecule has 0 spiro atoms. The highest BCUT2D eigenvalue weighted by molar-refractivity contribution is 5.67. The fourth-order valence-corrected chi connectivity index (χ4v) is 0.688. The van der Waals surface area contributed by atoms with E-state index in [1.807, 2.05) is 0 Å². The first-order chi connectivity index (χ1) is 7.31. The molecule has 0 unspecified atom stereocenters. The van der Waals surface area contributed by atoms with Gasteiger partial charge in [0, 0.05) is 0 Å². The maximum atomic E-state index is 10.3. The Balaban J connectivity index is 5.05. The van der Waals surface area contributed by atoms with Crippen molar-refractivity contribution in [1.29, 1.82) is 0 Å². The molecule has 4 nitrogen and oxygen atoms in total. The van der Waals surface area contributed by atoms with Gasteiger partial charge in [0.15, 0.2) is 0 Å². The molecule has 4 heteroatoms. The third-order valence-electron chi connectivity index (χ3n) is 0.986. The zero-order valence-electron chi connectivity index (χ0n) is 12.2. The molecule has 0 bridgehead atoms. The topological polar surface area (TPSA) is 57.5 Å². The number of hydrogen-bond acceptors (Lipinski definition) is 2. The summed E-state index contributed by atoms with van der Waals surface area (Å²) in [6, 6.07) is 0. The quantitative estimate of drug-likeness (QED) is 0.558. The van der Waals surface area contributed by atoms with Crippen molar-refractivity contribution >= 4 is 5.97 Å². The van der Waals surface area contributed by atoms with E-state index in [0.717, 1.165) is 7.05 Å². The van der Waals surface area contributed by atoms with Crippen molar-refractivity contribution in [2.24, 2.45) is 0 Å². The number of hydrogen-bond donors (Lipinski definition) is 2. The van der Waals surface area contributed by atoms with Crippen LogP contribution in [0.15, 0.2) is 0 Å². The van der Waals surface area contributed by atoms with Crippen molar-refractivity contribution in [2.45, 2.75) is 12.5 Å². The standard InChI is InChI=1S/C7H15NO3/c1-8(2,3)5-6(9)4-7(10)11/h6,9H,4-5H2,1-3H3/p+1/t6-/m1/s1/i1D3,2D3. The summed E-state index contributed by atoms with van der Waals surface area (Å²) < 4.78 is 41.8. The van der Waals surface area contributed by atoms with Crippen LogP contribution >= 0.6 is 0 Å². The van der Waals surface area contributed by atoms with E-state index in [-0.39, 0.29) is 0 Å². The second-order valence-corrected chi connectivity index (χ2v) is 2.63. The molecule has 0 heterocycles. The van der Waals surface area contributed by atoms with Crippen LogP contribution in [0.3, 0.4) is 0 Å². The van der Waals surface area contributed by atoms with Gasteiger partial charge in [0.05, 0.1) is 35.6 Å². The molecule has 0 amide bonds. The van der Waals surface area contributed by atoms with Crippen LogP contribution in [-0.4, -0.2) is 54.3 Å². The van der Waals surface area contributed by atoms with Crippen molar-refractivity contribution in [1.82, 2.24) is 0 Å². The Labute approximate surface area is 75.1 Å². The third-order valence-corrected chi connectivity index (χ3v) is 0.986. The van der Waals surface area contributed by atoms with Gasteiger partial charge in [-0.1, -0.05) is 0 Å². The van der Waals surface area contributed by atoms with Gasteiger partial charge >= 0.3 is 5.97 Å². The second kappa shape index (κ2) is 3.69. The van der Waals surface area contributed by atoms with Gasteiger partial charge in [0.25, 0.3) is 0 Å². The van der Waals surface area contributed by atoms with Crippen LogP contribution in [0, 0.1) is 0 Å². The van der Waals surface area contributed by atoms with Crippen molar-refractivity contribution < 1.29 is 27.7 Å². The maximum Gasteiger partial charge on any atom is 0.306 e. The van der Waals surface area contributed by atoms with E-state index in [4.69, 9.17) is 13.3 Å². The summed E-state index contributed by atoms with van der Waals surface area (Å²) >= 11 is 0. The lowest BCUT2D eigenvalue weighted by atomic mass is 10.2. The lowest BCUT2D eigenvalue weighted by Gasteiger charge is -2.25. The molecule has 0 fully saturated rings. The molecular formula is C7H16NO3+. The van der Waals surface area contributed by atoms with Crippen LogP contribution in [0.1, 0.15) is 14.6 Å². The highest BCUT2D eigenvalue weighted by Gasteiger charge is 2.17. The van der Waals surface area contributed by atoms with E-state index in [0.29, 0.717) is 0 Å². The molecule has 0 aliphatic heterocycles. The number of nitrogens with zero attached hydrogens (tertiary/aromatic N) is 1. The van der Waals surface area contributed by atoms with Gasteiger partial charge in [-0.15, -0.1) is 0 Å². The third kappa shape index (κ3) is 7.29. The number of aliphatic hydroxyl groups excluding tert-OH is 1. The van der Waals surface area contributed by atoms with Gasteiger partial charge in [-0.05, 0) is 0 Å². The predicted octanol–water partition coefficient (Wildman–Crippen LogP) is -0.472. The molecule has 0 aromatic carbocycles. The summed E-state index contributed by atoms with van der Waals surface area (Å²) in [6.07, 6.45) is -2.22. The van der Waals surface area contributed by atoms with Gasteiger partial charge < -0.3 is 14.7 Å². The zero-order chi connectivity index (χ0) is 14.1. The lowest BCUT2D eigenvalue weighted by molar-refractivity contribution is -0.873. The molecule has 66 valence electrons. The fourth-order valence-electron chi connectivity index (χ4n) is 0.688. The molecule has 0 rings (SSSR count). The molecule has 0 saturated heterocycles. The minimum absolute atomic E-state index is 0.681. The number of rotatable bonds is 4. The summed E-state index contributed by atoms with van der Waals surface area (Å²) in [4.78, 5) is 10.3. The predicted molar refractivity (Wildman–Crippen MR) is 41.2 cm³/mol. The Morgan fingerprint density at radius 1 is 1.73 bits per heavy atom. The van der Waals surface area contributed by atoms with Crippen molar-refractivity contribution in [3.8, 4) is 0 Å². The number of quaternary nitrogens is 1. The van der Waals surface area contributed by atoms with E-state index in [1.165, 1.54) is 0 Å². The Kier molecular flexibility index (Phi) is 1.30. The van der Waals surface area contributed by atoms with Crippen LogP contribution in [0.5, 0.6) is 0 Å². The van der Waals surface area contributed by atoms with E-state index in [2.05, 4.69) is 0 Å². The highest BCUT2D eigenvalue weighted by Crippen LogP contribution is 1.98. The summed E-state index contributed by atoms with van der Waals surface area (Å²) in [6.45, 7) is -6.42. The first-order valence-electron chi connectivity index (χ1n) is 6.07. The summed E-state index contributed by atoms with van der Waals surface area (Å²) in [7, 11) is 0.949. The fraction of sp³-hybridized carbons (Fsp3) is 0.857. The number of carbonyl (C=O) groups is 1. The Morgan fingerprint density at radius 3 is 2.64 bits per heavy atom. The van der Waals surface area contributed by atoms with E-state index < -0.39 is 43.5 Å². The molecular weight excluding hydrogens is 146 g/mol. The zero-order valence-corrected chi connectivity index (χ0v) is 6.24. The SMILES string of the molecule is [2H]C([2H])([2H])[N+](C)(C[C@H](O)CC(=O)O)C([2H])([2H])[2H]. The number of carboxylic acids is 1. The minimum atomic E-state index is -2.87. The average Bonchev–Trinajstić information content (AvgIpc) is 1.97. The second-order valence-electron chi connectivity index (χ2n) is 2.63. The molecule has 1 atom stereocenters. The first kappa shape index (κ1) is 3.87. The molecule has 0 saturated carbocycles. The molecule has 0 aliphatic carbocycles. The lowest BCUT2D eigenvalue weighted by Crippen LogP contribution is -2.42. The summed E-state index contributed by atoms with van der Waals surface area (Å²) in [5.74, 6) is -1.32. The molecule has 11 heavy (non-hydrogen) atoms. The van der Waals surface area contributed by atoms with Gasteiger partial charge in [0.2, 0.25) is 0 Å². The molecule has 0 aliphatic rings. The number of aliphatic hydroxyl groups is 1. The summed E-state index contributed by atoms with van der Waals surface area (Å²) in [5.41, 5.74) is 0. The average molecular weight is 168 g/mol. The van der Waals surface area contributed by atoms with Crippen LogP contribution in [0.25, 0.3) is 0 Å². The first-order valence-corrected chi connectivity index (χ1v) is 3.07. The smallest absolute Gasteiger partial charge is 0.306 e. The Bertz CT molecular complexity index is 272. The molecule has 0 aromatic rings. The number of aliphatic carboxylic acids is 1. The van der Waals surface area contributed by atoms with E-state index in [9.17, 15) is 9.90 Å². The summed E-state index contributed by atoms with van der Waals surface area (Å²) in [5, 5.41) is 17.8. The minimum Gasteiger partial charge on any atom is -0.481 e. The molecule has 0 radical (unpaired) electrons. The van der Waals surface area contributed by atoms with Crippen LogP contribution in [-0.2, 0) is 4.79 Å².